The Hall–Kier alpha value is -2.14. The highest BCUT2D eigenvalue weighted by Gasteiger charge is 2.47. The lowest BCUT2D eigenvalue weighted by Crippen LogP contribution is -2.41. The Bertz CT molecular complexity index is 774. The lowest BCUT2D eigenvalue weighted by atomic mass is 9.73. The molecule has 1 atom stereocenters. The third kappa shape index (κ3) is 2.86. The fourth-order valence-corrected chi connectivity index (χ4v) is 4.73. The van der Waals surface area contributed by atoms with Crippen LogP contribution in [0.2, 0.25) is 0 Å². The second kappa shape index (κ2) is 6.30. The predicted octanol–water partition coefficient (Wildman–Crippen LogP) is 2.19. The zero-order chi connectivity index (χ0) is 17.4. The van der Waals surface area contributed by atoms with Crippen LogP contribution in [0, 0.1) is 0 Å². The van der Waals surface area contributed by atoms with Gasteiger partial charge in [-0.1, -0.05) is 24.3 Å². The van der Waals surface area contributed by atoms with Crippen molar-refractivity contribution in [3.8, 4) is 0 Å². The molecule has 1 aromatic heterocycles. The second-order valence-corrected chi connectivity index (χ2v) is 7.54. The van der Waals surface area contributed by atoms with Gasteiger partial charge in [0.1, 0.15) is 0 Å². The summed E-state index contributed by atoms with van der Waals surface area (Å²) in [6.45, 7) is 3.11. The first kappa shape index (κ1) is 16.3. The Morgan fingerprint density at radius 3 is 2.76 bits per heavy atom. The molecule has 1 spiro atoms. The van der Waals surface area contributed by atoms with E-state index in [1.807, 2.05) is 17.9 Å². The molecular weight excluding hydrogens is 312 g/mol. The van der Waals surface area contributed by atoms with Gasteiger partial charge in [-0.15, -0.1) is 0 Å². The highest BCUT2D eigenvalue weighted by atomic mass is 16.1. The van der Waals surface area contributed by atoms with Gasteiger partial charge in [-0.2, -0.15) is 5.10 Å². The molecule has 2 aliphatic rings. The molecule has 1 aromatic carbocycles. The largest absolute Gasteiger partial charge is 0.359 e. The zero-order valence-corrected chi connectivity index (χ0v) is 15.0. The standard InChI is InChI=1S/C20H26N4O/c1-21-19(25)17-11-20(18-6-4-3-5-16(17)18)7-9-24(10-8-20)14-15-12-22-23(2)13-15/h3-6,12-13,17H,7-11,14H2,1-2H3,(H,21,25)/t17-/m1/s1. The minimum absolute atomic E-state index is 0.00562. The van der Waals surface area contributed by atoms with Crippen molar-refractivity contribution in [1.82, 2.24) is 20.0 Å². The van der Waals surface area contributed by atoms with E-state index >= 15 is 0 Å². The summed E-state index contributed by atoms with van der Waals surface area (Å²) in [5, 5.41) is 7.12. The van der Waals surface area contributed by atoms with Gasteiger partial charge in [0.05, 0.1) is 12.1 Å². The Morgan fingerprint density at radius 1 is 1.32 bits per heavy atom. The van der Waals surface area contributed by atoms with Gasteiger partial charge in [0.15, 0.2) is 0 Å². The van der Waals surface area contributed by atoms with E-state index in [0.717, 1.165) is 38.9 Å². The SMILES string of the molecule is CNC(=O)[C@@H]1CC2(CCN(Cc3cnn(C)c3)CC2)c2ccccc21. The summed E-state index contributed by atoms with van der Waals surface area (Å²) in [5.41, 5.74) is 4.08. The number of rotatable bonds is 3. The number of nitrogens with one attached hydrogen (secondary N) is 1. The van der Waals surface area contributed by atoms with Crippen molar-refractivity contribution in [3.05, 3.63) is 53.3 Å². The number of likely N-dealkylation sites (N-methyl/N-ethyl adjacent to an activating group) is 1. The number of fused-ring (bicyclic) bond motifs is 2. The van der Waals surface area contributed by atoms with Gasteiger partial charge in [0.25, 0.3) is 0 Å². The first-order chi connectivity index (χ1) is 12.1. The summed E-state index contributed by atoms with van der Waals surface area (Å²) in [4.78, 5) is 14.9. The van der Waals surface area contributed by atoms with Gasteiger partial charge in [-0.3, -0.25) is 14.4 Å². The lowest BCUT2D eigenvalue weighted by Gasteiger charge is -2.40. The molecule has 1 amide bonds. The molecule has 1 fully saturated rings. The topological polar surface area (TPSA) is 50.2 Å². The van der Waals surface area contributed by atoms with Crippen molar-refractivity contribution in [2.45, 2.75) is 37.1 Å². The number of carbonyl (C=O) groups excluding carboxylic acids is 1. The van der Waals surface area contributed by atoms with Gasteiger partial charge in [0.2, 0.25) is 5.91 Å². The molecule has 0 radical (unpaired) electrons. The molecule has 5 heteroatoms. The first-order valence-corrected chi connectivity index (χ1v) is 9.12. The van der Waals surface area contributed by atoms with Crippen LogP contribution in [0.1, 0.15) is 41.9 Å². The first-order valence-electron chi connectivity index (χ1n) is 9.12. The maximum Gasteiger partial charge on any atom is 0.227 e. The summed E-state index contributed by atoms with van der Waals surface area (Å²) in [7, 11) is 3.70. The van der Waals surface area contributed by atoms with Crippen LogP contribution in [-0.4, -0.2) is 40.7 Å². The molecule has 1 N–H and O–H groups in total. The molecule has 2 aromatic rings. The monoisotopic (exact) mass is 338 g/mol. The van der Waals surface area contributed by atoms with E-state index in [4.69, 9.17) is 0 Å². The molecule has 2 heterocycles. The molecule has 25 heavy (non-hydrogen) atoms. The van der Waals surface area contributed by atoms with E-state index in [1.165, 1.54) is 16.7 Å². The molecule has 5 nitrogen and oxygen atoms in total. The molecule has 0 unspecified atom stereocenters. The van der Waals surface area contributed by atoms with Gasteiger partial charge in [-0.05, 0) is 48.9 Å². The highest BCUT2D eigenvalue weighted by molar-refractivity contribution is 5.85. The maximum atomic E-state index is 12.4. The molecule has 1 aliphatic heterocycles. The number of likely N-dealkylation sites (tertiary alicyclic amines) is 1. The minimum Gasteiger partial charge on any atom is -0.359 e. The Morgan fingerprint density at radius 2 is 2.08 bits per heavy atom. The smallest absolute Gasteiger partial charge is 0.227 e. The van der Waals surface area contributed by atoms with Crippen LogP contribution in [0.15, 0.2) is 36.7 Å². The molecule has 1 saturated heterocycles. The maximum absolute atomic E-state index is 12.4. The van der Waals surface area contributed by atoms with E-state index in [2.05, 4.69) is 45.8 Å². The van der Waals surface area contributed by atoms with E-state index in [1.54, 1.807) is 7.05 Å². The number of piperidine rings is 1. The van der Waals surface area contributed by atoms with Gasteiger partial charge >= 0.3 is 0 Å². The van der Waals surface area contributed by atoms with E-state index < -0.39 is 0 Å². The number of benzene rings is 1. The van der Waals surface area contributed by atoms with Crippen LogP contribution in [-0.2, 0) is 23.8 Å². The Labute approximate surface area is 149 Å². The summed E-state index contributed by atoms with van der Waals surface area (Å²) in [5.74, 6) is 0.160. The van der Waals surface area contributed by atoms with Gasteiger partial charge in [0, 0.05) is 32.4 Å². The fraction of sp³-hybridized carbons (Fsp3) is 0.500. The normalized spacial score (nSPS) is 22.1. The molecule has 0 bridgehead atoms. The van der Waals surface area contributed by atoms with E-state index in [-0.39, 0.29) is 17.2 Å². The van der Waals surface area contributed by atoms with Crippen molar-refractivity contribution >= 4 is 5.91 Å². The third-order valence-corrected chi connectivity index (χ3v) is 6.04. The second-order valence-electron chi connectivity index (χ2n) is 7.54. The fourth-order valence-electron chi connectivity index (χ4n) is 4.73. The van der Waals surface area contributed by atoms with E-state index in [0.29, 0.717) is 0 Å². The van der Waals surface area contributed by atoms with Crippen LogP contribution >= 0.6 is 0 Å². The molecule has 0 saturated carbocycles. The van der Waals surface area contributed by atoms with Crippen LogP contribution in [0.3, 0.4) is 0 Å². The van der Waals surface area contributed by atoms with E-state index in [9.17, 15) is 4.79 Å². The summed E-state index contributed by atoms with van der Waals surface area (Å²) < 4.78 is 1.86. The van der Waals surface area contributed by atoms with Crippen LogP contribution < -0.4 is 5.32 Å². The number of hydrogen-bond donors (Lipinski definition) is 1. The third-order valence-electron chi connectivity index (χ3n) is 6.04. The number of carbonyl (C=O) groups is 1. The highest BCUT2D eigenvalue weighted by Crippen LogP contribution is 2.51. The molecular formula is C20H26N4O. The van der Waals surface area contributed by atoms with Crippen molar-refractivity contribution < 1.29 is 4.79 Å². The van der Waals surface area contributed by atoms with Crippen molar-refractivity contribution in [2.75, 3.05) is 20.1 Å². The summed E-state index contributed by atoms with van der Waals surface area (Å²) >= 11 is 0. The minimum atomic E-state index is 0.00562. The predicted molar refractivity (Wildman–Crippen MR) is 97.3 cm³/mol. The van der Waals surface area contributed by atoms with Crippen LogP contribution in [0.4, 0.5) is 0 Å². The quantitative estimate of drug-likeness (QED) is 0.933. The van der Waals surface area contributed by atoms with Gasteiger partial charge in [-0.25, -0.2) is 0 Å². The van der Waals surface area contributed by atoms with Crippen LogP contribution in [0.25, 0.3) is 0 Å². The van der Waals surface area contributed by atoms with Crippen LogP contribution in [0.5, 0.6) is 0 Å². The number of aromatic nitrogens is 2. The average molecular weight is 338 g/mol. The Balaban J connectivity index is 1.51. The Kier molecular flexibility index (Phi) is 4.12. The molecule has 4 rings (SSSR count). The van der Waals surface area contributed by atoms with Crippen molar-refractivity contribution in [3.63, 3.8) is 0 Å². The zero-order valence-electron chi connectivity index (χ0n) is 15.0. The summed E-state index contributed by atoms with van der Waals surface area (Å²) in [6.07, 6.45) is 7.25. The summed E-state index contributed by atoms with van der Waals surface area (Å²) in [6, 6.07) is 8.57. The average Bonchev–Trinajstić information content (AvgIpc) is 3.19. The number of aryl methyl sites for hydroxylation is 1. The number of hydrogen-bond acceptors (Lipinski definition) is 3. The molecule has 132 valence electrons. The molecule has 1 aliphatic carbocycles. The van der Waals surface area contributed by atoms with Crippen molar-refractivity contribution in [1.29, 1.82) is 0 Å². The number of nitrogens with zero attached hydrogens (tertiary/aromatic N) is 3. The van der Waals surface area contributed by atoms with Crippen molar-refractivity contribution in [2.24, 2.45) is 7.05 Å². The van der Waals surface area contributed by atoms with Gasteiger partial charge < -0.3 is 5.32 Å². The number of amides is 1. The lowest BCUT2D eigenvalue weighted by molar-refractivity contribution is -0.122.